The van der Waals surface area contributed by atoms with E-state index in [2.05, 4.69) is 49.4 Å². The van der Waals surface area contributed by atoms with Gasteiger partial charge in [0.15, 0.2) is 0 Å². The molecule has 1 atom stereocenters. The molecule has 1 aliphatic heterocycles. The molecule has 2 heteroatoms. The highest BCUT2D eigenvalue weighted by Crippen LogP contribution is 2.39. The number of benzene rings is 2. The van der Waals surface area contributed by atoms with Crippen LogP contribution in [0, 0.1) is 0 Å². The molecule has 2 aromatic rings. The Kier molecular flexibility index (Phi) is 3.79. The third-order valence-electron chi connectivity index (χ3n) is 3.59. The van der Waals surface area contributed by atoms with Gasteiger partial charge in [0.1, 0.15) is 5.75 Å². The fourth-order valence-corrected chi connectivity index (χ4v) is 3.73. The molecule has 1 aliphatic rings. The first-order chi connectivity index (χ1) is 9.38. The van der Waals surface area contributed by atoms with Crippen molar-refractivity contribution < 1.29 is 4.74 Å². The summed E-state index contributed by atoms with van der Waals surface area (Å²) < 4.78 is 6.06. The van der Waals surface area contributed by atoms with E-state index in [1.807, 2.05) is 17.8 Å². The van der Waals surface area contributed by atoms with Gasteiger partial charge in [0.2, 0.25) is 0 Å². The molecule has 0 bridgehead atoms. The normalized spacial score (nSPS) is 17.2. The van der Waals surface area contributed by atoms with Gasteiger partial charge in [0.05, 0.1) is 6.61 Å². The molecule has 0 aromatic heterocycles. The molecular weight excluding hydrogens is 252 g/mol. The second-order valence-electron chi connectivity index (χ2n) is 4.82. The van der Waals surface area contributed by atoms with Crippen molar-refractivity contribution in [3.8, 4) is 5.75 Å². The molecular formula is C17H18OS. The third-order valence-corrected chi connectivity index (χ3v) is 4.84. The summed E-state index contributed by atoms with van der Waals surface area (Å²) in [5.41, 5.74) is 2.74. The lowest BCUT2D eigenvalue weighted by atomic mass is 10.0. The van der Waals surface area contributed by atoms with E-state index < -0.39 is 0 Å². The molecule has 0 N–H and O–H groups in total. The van der Waals surface area contributed by atoms with Gasteiger partial charge in [0, 0.05) is 16.6 Å². The van der Waals surface area contributed by atoms with Gasteiger partial charge in [-0.05, 0) is 29.7 Å². The van der Waals surface area contributed by atoms with Gasteiger partial charge < -0.3 is 4.74 Å². The fourth-order valence-electron chi connectivity index (χ4n) is 2.49. The number of aryl methyl sites for hydroxylation is 1. The molecule has 0 aliphatic carbocycles. The molecule has 0 saturated carbocycles. The predicted molar refractivity (Wildman–Crippen MR) is 81.2 cm³/mol. The topological polar surface area (TPSA) is 9.23 Å². The van der Waals surface area contributed by atoms with Gasteiger partial charge in [-0.15, -0.1) is 11.8 Å². The van der Waals surface area contributed by atoms with Gasteiger partial charge in [-0.3, -0.25) is 0 Å². The average molecular weight is 270 g/mol. The van der Waals surface area contributed by atoms with Crippen LogP contribution >= 0.6 is 11.8 Å². The van der Waals surface area contributed by atoms with Crippen LogP contribution in [-0.2, 0) is 6.42 Å². The van der Waals surface area contributed by atoms with Crippen molar-refractivity contribution >= 4 is 11.8 Å². The number of fused-ring (bicyclic) bond motifs is 1. The molecule has 3 rings (SSSR count). The Morgan fingerprint density at radius 1 is 1.11 bits per heavy atom. The Balaban J connectivity index is 1.71. The summed E-state index contributed by atoms with van der Waals surface area (Å²) in [5, 5.41) is 0. The first-order valence-electron chi connectivity index (χ1n) is 6.81. The summed E-state index contributed by atoms with van der Waals surface area (Å²) in [4.78, 5) is 1.42. The predicted octanol–water partition coefficient (Wildman–Crippen LogP) is 4.52. The van der Waals surface area contributed by atoms with Crippen LogP contribution in [0.25, 0.3) is 0 Å². The standard InChI is InChI=1S/C17H18OS/c1-2-13-7-3-5-9-16(13)18-11-14-12-19-17-10-6-4-8-15(14)17/h3-10,14H,2,11-12H2,1H3. The lowest BCUT2D eigenvalue weighted by Crippen LogP contribution is -2.10. The summed E-state index contributed by atoms with van der Waals surface area (Å²) in [6.07, 6.45) is 1.02. The van der Waals surface area contributed by atoms with Crippen molar-refractivity contribution in [2.75, 3.05) is 12.4 Å². The van der Waals surface area contributed by atoms with Crippen molar-refractivity contribution in [1.29, 1.82) is 0 Å². The molecule has 1 unspecified atom stereocenters. The van der Waals surface area contributed by atoms with Crippen molar-refractivity contribution in [3.63, 3.8) is 0 Å². The number of para-hydroxylation sites is 1. The lowest BCUT2D eigenvalue weighted by molar-refractivity contribution is 0.295. The van der Waals surface area contributed by atoms with Crippen LogP contribution in [0.1, 0.15) is 24.0 Å². The molecule has 2 aromatic carbocycles. The first kappa shape index (κ1) is 12.6. The molecule has 1 nitrogen and oxygen atoms in total. The van der Waals surface area contributed by atoms with Gasteiger partial charge in [0.25, 0.3) is 0 Å². The highest BCUT2D eigenvalue weighted by atomic mass is 32.2. The highest BCUT2D eigenvalue weighted by Gasteiger charge is 2.23. The van der Waals surface area contributed by atoms with Crippen LogP contribution in [0.15, 0.2) is 53.4 Å². The van der Waals surface area contributed by atoms with Gasteiger partial charge >= 0.3 is 0 Å². The monoisotopic (exact) mass is 270 g/mol. The van der Waals surface area contributed by atoms with E-state index in [0.29, 0.717) is 5.92 Å². The Morgan fingerprint density at radius 3 is 2.79 bits per heavy atom. The van der Waals surface area contributed by atoms with Crippen LogP contribution in [0.3, 0.4) is 0 Å². The van der Waals surface area contributed by atoms with E-state index in [4.69, 9.17) is 4.74 Å². The number of ether oxygens (including phenoxy) is 1. The summed E-state index contributed by atoms with van der Waals surface area (Å²) in [5.74, 6) is 2.69. The van der Waals surface area contributed by atoms with Gasteiger partial charge in [-0.2, -0.15) is 0 Å². The zero-order valence-electron chi connectivity index (χ0n) is 11.1. The van der Waals surface area contributed by atoms with Crippen LogP contribution in [0.2, 0.25) is 0 Å². The minimum Gasteiger partial charge on any atom is -0.493 e. The van der Waals surface area contributed by atoms with Crippen LogP contribution < -0.4 is 4.74 Å². The summed E-state index contributed by atoms with van der Waals surface area (Å²) in [6, 6.07) is 17.0. The highest BCUT2D eigenvalue weighted by molar-refractivity contribution is 7.99. The SMILES string of the molecule is CCc1ccccc1OCC1CSc2ccccc21. The fraction of sp³-hybridized carbons (Fsp3) is 0.294. The Morgan fingerprint density at radius 2 is 1.89 bits per heavy atom. The van der Waals surface area contributed by atoms with Crippen molar-refractivity contribution in [3.05, 3.63) is 59.7 Å². The van der Waals surface area contributed by atoms with E-state index >= 15 is 0 Å². The van der Waals surface area contributed by atoms with Crippen molar-refractivity contribution in [2.45, 2.75) is 24.2 Å². The Labute approximate surface area is 119 Å². The summed E-state index contributed by atoms with van der Waals surface area (Å²) in [6.45, 7) is 2.95. The molecule has 98 valence electrons. The van der Waals surface area contributed by atoms with Crippen LogP contribution in [0.4, 0.5) is 0 Å². The maximum Gasteiger partial charge on any atom is 0.122 e. The second-order valence-corrected chi connectivity index (χ2v) is 5.88. The minimum atomic E-state index is 0.520. The van der Waals surface area contributed by atoms with Gasteiger partial charge in [-0.1, -0.05) is 43.3 Å². The van der Waals surface area contributed by atoms with E-state index in [9.17, 15) is 0 Å². The number of hydrogen-bond acceptors (Lipinski definition) is 2. The zero-order chi connectivity index (χ0) is 13.1. The lowest BCUT2D eigenvalue weighted by Gasteiger charge is -2.14. The van der Waals surface area contributed by atoms with Gasteiger partial charge in [-0.25, -0.2) is 0 Å². The van der Waals surface area contributed by atoms with Crippen LogP contribution in [0.5, 0.6) is 5.75 Å². The number of hydrogen-bond donors (Lipinski definition) is 0. The third kappa shape index (κ3) is 2.64. The summed E-state index contributed by atoms with van der Waals surface area (Å²) >= 11 is 1.94. The smallest absolute Gasteiger partial charge is 0.122 e. The summed E-state index contributed by atoms with van der Waals surface area (Å²) in [7, 11) is 0. The first-order valence-corrected chi connectivity index (χ1v) is 7.79. The van der Waals surface area contributed by atoms with Crippen LogP contribution in [-0.4, -0.2) is 12.4 Å². The largest absolute Gasteiger partial charge is 0.493 e. The zero-order valence-corrected chi connectivity index (χ0v) is 12.0. The van der Waals surface area contributed by atoms with E-state index in [1.54, 1.807) is 0 Å². The number of rotatable bonds is 4. The molecule has 19 heavy (non-hydrogen) atoms. The Hall–Kier alpha value is -1.41. The van der Waals surface area contributed by atoms with E-state index in [-0.39, 0.29) is 0 Å². The molecule has 0 spiro atoms. The molecule has 0 amide bonds. The van der Waals surface area contributed by atoms with E-state index in [1.165, 1.54) is 16.0 Å². The van der Waals surface area contributed by atoms with Crippen molar-refractivity contribution in [1.82, 2.24) is 0 Å². The quantitative estimate of drug-likeness (QED) is 0.808. The van der Waals surface area contributed by atoms with E-state index in [0.717, 1.165) is 24.5 Å². The Bertz CT molecular complexity index is 565. The molecule has 1 heterocycles. The molecule has 0 radical (unpaired) electrons. The maximum absolute atomic E-state index is 6.06. The molecule has 0 saturated heterocycles. The second kappa shape index (κ2) is 5.70. The average Bonchev–Trinajstić information content (AvgIpc) is 2.89. The minimum absolute atomic E-state index is 0.520. The maximum atomic E-state index is 6.06. The van der Waals surface area contributed by atoms with Crippen molar-refractivity contribution in [2.24, 2.45) is 0 Å². The molecule has 0 fully saturated rings. The number of thioether (sulfide) groups is 1.